The first-order chi connectivity index (χ1) is 10.2. The Labute approximate surface area is 130 Å². The SMILES string of the molecule is COC[C@@H]1CN(Cc2cn(C)c(=O)n(C)c2=O)CC(C)(C)O1. The summed E-state index contributed by atoms with van der Waals surface area (Å²) in [4.78, 5) is 26.2. The first kappa shape index (κ1) is 16.9. The monoisotopic (exact) mass is 311 g/mol. The van der Waals surface area contributed by atoms with Gasteiger partial charge in [-0.05, 0) is 13.8 Å². The van der Waals surface area contributed by atoms with Gasteiger partial charge < -0.3 is 14.0 Å². The zero-order chi connectivity index (χ0) is 16.5. The molecule has 2 heterocycles. The maximum absolute atomic E-state index is 12.3. The van der Waals surface area contributed by atoms with Crippen molar-refractivity contribution in [2.24, 2.45) is 14.1 Å². The third kappa shape index (κ3) is 3.66. The van der Waals surface area contributed by atoms with Gasteiger partial charge in [-0.2, -0.15) is 0 Å². The van der Waals surface area contributed by atoms with Gasteiger partial charge in [0.1, 0.15) is 0 Å². The van der Waals surface area contributed by atoms with Crippen molar-refractivity contribution in [1.82, 2.24) is 14.0 Å². The number of hydrogen-bond acceptors (Lipinski definition) is 5. The molecule has 0 spiro atoms. The summed E-state index contributed by atoms with van der Waals surface area (Å²) in [6.07, 6.45) is 1.60. The van der Waals surface area contributed by atoms with Crippen LogP contribution in [0.3, 0.4) is 0 Å². The van der Waals surface area contributed by atoms with Crippen LogP contribution in [0.4, 0.5) is 0 Å². The molecule has 0 aromatic carbocycles. The van der Waals surface area contributed by atoms with Crippen LogP contribution in [0.25, 0.3) is 0 Å². The molecule has 124 valence electrons. The second-order valence-corrected chi connectivity index (χ2v) is 6.54. The Hall–Kier alpha value is -1.44. The van der Waals surface area contributed by atoms with Gasteiger partial charge in [0, 0.05) is 52.6 Å². The normalized spacial score (nSPS) is 22.0. The molecule has 1 aromatic rings. The van der Waals surface area contributed by atoms with Gasteiger partial charge in [0.15, 0.2) is 0 Å². The van der Waals surface area contributed by atoms with E-state index < -0.39 is 0 Å². The molecule has 0 radical (unpaired) electrons. The molecule has 1 aromatic heterocycles. The quantitative estimate of drug-likeness (QED) is 0.764. The van der Waals surface area contributed by atoms with Gasteiger partial charge in [-0.1, -0.05) is 0 Å². The molecule has 0 saturated carbocycles. The Morgan fingerprint density at radius 2 is 2.05 bits per heavy atom. The predicted molar refractivity (Wildman–Crippen MR) is 83.0 cm³/mol. The molecular weight excluding hydrogens is 286 g/mol. The van der Waals surface area contributed by atoms with E-state index in [1.54, 1.807) is 20.4 Å². The number of hydrogen-bond donors (Lipinski definition) is 0. The van der Waals surface area contributed by atoms with Crippen molar-refractivity contribution in [3.8, 4) is 0 Å². The summed E-state index contributed by atoms with van der Waals surface area (Å²) >= 11 is 0. The van der Waals surface area contributed by atoms with Gasteiger partial charge in [-0.15, -0.1) is 0 Å². The summed E-state index contributed by atoms with van der Waals surface area (Å²) in [7, 11) is 4.81. The first-order valence-electron chi connectivity index (χ1n) is 7.38. The van der Waals surface area contributed by atoms with Gasteiger partial charge in [0.05, 0.1) is 18.3 Å². The van der Waals surface area contributed by atoms with Crippen LogP contribution in [-0.2, 0) is 30.1 Å². The Bertz CT molecular complexity index is 647. The Kier molecular flexibility index (Phi) is 4.89. The maximum atomic E-state index is 12.3. The molecule has 22 heavy (non-hydrogen) atoms. The summed E-state index contributed by atoms with van der Waals surface area (Å²) < 4.78 is 13.7. The van der Waals surface area contributed by atoms with Crippen LogP contribution in [0.15, 0.2) is 15.8 Å². The largest absolute Gasteiger partial charge is 0.382 e. The highest BCUT2D eigenvalue weighted by Gasteiger charge is 2.33. The van der Waals surface area contributed by atoms with Gasteiger partial charge in [-0.25, -0.2) is 4.79 Å². The van der Waals surface area contributed by atoms with Crippen LogP contribution in [-0.4, -0.2) is 52.5 Å². The van der Waals surface area contributed by atoms with E-state index >= 15 is 0 Å². The third-order valence-corrected chi connectivity index (χ3v) is 3.82. The fourth-order valence-electron chi connectivity index (χ4n) is 3.04. The second kappa shape index (κ2) is 6.36. The molecule has 0 bridgehead atoms. The van der Waals surface area contributed by atoms with Crippen molar-refractivity contribution in [3.05, 3.63) is 32.6 Å². The van der Waals surface area contributed by atoms with Crippen molar-refractivity contribution in [1.29, 1.82) is 0 Å². The molecular formula is C15H25N3O4. The number of aromatic nitrogens is 2. The standard InChI is InChI=1S/C15H25N3O4/c1-15(2)10-18(8-12(22-15)9-21-5)7-11-6-16(3)14(20)17(4)13(11)19/h6,12H,7-10H2,1-5H3/t12-/m0/s1. The molecule has 0 N–H and O–H groups in total. The van der Waals surface area contributed by atoms with Crippen LogP contribution < -0.4 is 11.2 Å². The van der Waals surface area contributed by atoms with Crippen molar-refractivity contribution < 1.29 is 9.47 Å². The minimum absolute atomic E-state index is 0.0230. The van der Waals surface area contributed by atoms with Gasteiger partial charge >= 0.3 is 5.69 Å². The number of nitrogens with zero attached hydrogens (tertiary/aromatic N) is 3. The summed E-state index contributed by atoms with van der Waals surface area (Å²) in [6.45, 7) is 6.49. The summed E-state index contributed by atoms with van der Waals surface area (Å²) in [5.41, 5.74) is -0.240. The van der Waals surface area contributed by atoms with Crippen LogP contribution in [0.1, 0.15) is 19.4 Å². The van der Waals surface area contributed by atoms with Crippen LogP contribution in [0.5, 0.6) is 0 Å². The predicted octanol–water partition coefficient (Wildman–Crippen LogP) is -0.290. The number of morpholine rings is 1. The number of rotatable bonds is 4. The summed E-state index contributed by atoms with van der Waals surface area (Å²) in [6, 6.07) is 0. The first-order valence-corrected chi connectivity index (χ1v) is 7.38. The lowest BCUT2D eigenvalue weighted by molar-refractivity contribution is -0.154. The average molecular weight is 311 g/mol. The topological polar surface area (TPSA) is 65.7 Å². The molecule has 0 amide bonds. The van der Waals surface area contributed by atoms with E-state index in [0.29, 0.717) is 25.3 Å². The van der Waals surface area contributed by atoms with E-state index in [4.69, 9.17) is 9.47 Å². The lowest BCUT2D eigenvalue weighted by Gasteiger charge is -2.42. The van der Waals surface area contributed by atoms with Gasteiger partial charge in [0.2, 0.25) is 0 Å². The Morgan fingerprint density at radius 3 is 2.68 bits per heavy atom. The fourth-order valence-corrected chi connectivity index (χ4v) is 3.04. The zero-order valence-electron chi connectivity index (χ0n) is 14.0. The van der Waals surface area contributed by atoms with Crippen molar-refractivity contribution in [2.75, 3.05) is 26.8 Å². The molecule has 1 fully saturated rings. The highest BCUT2D eigenvalue weighted by atomic mass is 16.5. The highest BCUT2D eigenvalue weighted by molar-refractivity contribution is 5.06. The molecule has 2 rings (SSSR count). The van der Waals surface area contributed by atoms with Crippen LogP contribution in [0, 0.1) is 0 Å². The fraction of sp³-hybridized carbons (Fsp3) is 0.733. The van der Waals surface area contributed by atoms with Crippen molar-refractivity contribution in [2.45, 2.75) is 32.1 Å². The van der Waals surface area contributed by atoms with E-state index in [1.165, 1.54) is 11.6 Å². The van der Waals surface area contributed by atoms with E-state index in [9.17, 15) is 9.59 Å². The number of aryl methyl sites for hydroxylation is 1. The lowest BCUT2D eigenvalue weighted by atomic mass is 10.0. The van der Waals surface area contributed by atoms with E-state index in [-0.39, 0.29) is 23.0 Å². The van der Waals surface area contributed by atoms with Crippen LogP contribution >= 0.6 is 0 Å². The highest BCUT2D eigenvalue weighted by Crippen LogP contribution is 2.22. The number of methoxy groups -OCH3 is 1. The lowest BCUT2D eigenvalue weighted by Crippen LogP contribution is -2.54. The smallest absolute Gasteiger partial charge is 0.330 e. The number of ether oxygens (including phenoxy) is 2. The van der Waals surface area contributed by atoms with E-state index in [1.807, 2.05) is 13.8 Å². The van der Waals surface area contributed by atoms with Gasteiger partial charge in [0.25, 0.3) is 5.56 Å². The molecule has 1 aliphatic rings. The minimum atomic E-state index is -0.312. The molecule has 7 nitrogen and oxygen atoms in total. The maximum Gasteiger partial charge on any atom is 0.330 e. The molecule has 7 heteroatoms. The Morgan fingerprint density at radius 1 is 1.36 bits per heavy atom. The molecule has 1 saturated heterocycles. The second-order valence-electron chi connectivity index (χ2n) is 6.54. The van der Waals surface area contributed by atoms with Gasteiger partial charge in [-0.3, -0.25) is 14.3 Å². The summed E-state index contributed by atoms with van der Waals surface area (Å²) in [5, 5.41) is 0. The third-order valence-electron chi connectivity index (χ3n) is 3.82. The average Bonchev–Trinajstić information content (AvgIpc) is 2.41. The van der Waals surface area contributed by atoms with E-state index in [2.05, 4.69) is 4.90 Å². The minimum Gasteiger partial charge on any atom is -0.382 e. The molecule has 0 unspecified atom stereocenters. The zero-order valence-corrected chi connectivity index (χ0v) is 14.0. The van der Waals surface area contributed by atoms with Crippen LogP contribution in [0.2, 0.25) is 0 Å². The molecule has 0 aliphatic carbocycles. The van der Waals surface area contributed by atoms with Crippen molar-refractivity contribution in [3.63, 3.8) is 0 Å². The van der Waals surface area contributed by atoms with E-state index in [0.717, 1.165) is 11.1 Å². The summed E-state index contributed by atoms with van der Waals surface area (Å²) in [5.74, 6) is 0. The van der Waals surface area contributed by atoms with Crippen molar-refractivity contribution >= 4 is 0 Å². The molecule has 1 aliphatic heterocycles. The molecule has 1 atom stereocenters. The Balaban J connectivity index is 2.23.